The first-order valence-corrected chi connectivity index (χ1v) is 11.0. The summed E-state index contributed by atoms with van der Waals surface area (Å²) >= 11 is 7.73. The summed E-state index contributed by atoms with van der Waals surface area (Å²) in [4.78, 5) is 21.1. The molecule has 2 saturated heterocycles. The maximum Gasteiger partial charge on any atom is 0.237 e. The summed E-state index contributed by atoms with van der Waals surface area (Å²) in [5.74, 6) is 0.289. The highest BCUT2D eigenvalue weighted by atomic mass is 35.5. The number of nitrogens with zero attached hydrogens (tertiary/aromatic N) is 3. The molecular weight excluding hydrogens is 378 g/mol. The zero-order valence-corrected chi connectivity index (χ0v) is 17.1. The van der Waals surface area contributed by atoms with Gasteiger partial charge < -0.3 is 4.90 Å². The molecule has 2 aliphatic rings. The standard InChI is InChI=1S/C21H26ClN3OS/c22-18-7-5-17(6-8-18)15-23-10-12-24(13-11-23)16-21(26)25-9-1-3-19(25)20-4-2-14-27-20/h2,4-8,14,19H,1,3,9-13,15-16H2. The molecule has 0 aliphatic carbocycles. The third-order valence-electron chi connectivity index (χ3n) is 5.59. The number of carbonyl (C=O) groups is 1. The maximum absolute atomic E-state index is 12.9. The quantitative estimate of drug-likeness (QED) is 0.757. The van der Waals surface area contributed by atoms with E-state index in [1.807, 2.05) is 12.1 Å². The SMILES string of the molecule is O=C(CN1CCN(Cc2ccc(Cl)cc2)CC1)N1CCCC1c1cccs1. The van der Waals surface area contributed by atoms with Crippen LogP contribution in [0.5, 0.6) is 0 Å². The van der Waals surface area contributed by atoms with Gasteiger partial charge in [0.15, 0.2) is 0 Å². The largest absolute Gasteiger partial charge is 0.334 e. The molecule has 2 aliphatic heterocycles. The van der Waals surface area contributed by atoms with Crippen molar-refractivity contribution in [3.8, 4) is 0 Å². The van der Waals surface area contributed by atoms with Crippen molar-refractivity contribution in [2.24, 2.45) is 0 Å². The summed E-state index contributed by atoms with van der Waals surface area (Å²) in [7, 11) is 0. The van der Waals surface area contributed by atoms with E-state index in [2.05, 4.69) is 44.3 Å². The monoisotopic (exact) mass is 403 g/mol. The number of rotatable bonds is 5. The van der Waals surface area contributed by atoms with Gasteiger partial charge in [-0.15, -0.1) is 11.3 Å². The lowest BCUT2D eigenvalue weighted by molar-refractivity contribution is -0.133. The molecule has 4 rings (SSSR count). The van der Waals surface area contributed by atoms with Crippen molar-refractivity contribution >= 4 is 28.8 Å². The topological polar surface area (TPSA) is 26.8 Å². The van der Waals surface area contributed by atoms with Crippen molar-refractivity contribution < 1.29 is 4.79 Å². The molecule has 0 N–H and O–H groups in total. The van der Waals surface area contributed by atoms with E-state index < -0.39 is 0 Å². The average Bonchev–Trinajstić information content (AvgIpc) is 3.36. The molecule has 2 fully saturated rings. The minimum atomic E-state index is 0.289. The molecule has 6 heteroatoms. The molecule has 0 radical (unpaired) electrons. The van der Waals surface area contributed by atoms with E-state index in [-0.39, 0.29) is 5.91 Å². The summed E-state index contributed by atoms with van der Waals surface area (Å²) in [5.41, 5.74) is 1.29. The van der Waals surface area contributed by atoms with Crippen LogP contribution in [-0.2, 0) is 11.3 Å². The second-order valence-electron chi connectivity index (χ2n) is 7.44. The highest BCUT2D eigenvalue weighted by Crippen LogP contribution is 2.34. The lowest BCUT2D eigenvalue weighted by atomic mass is 10.2. The van der Waals surface area contributed by atoms with Crippen LogP contribution >= 0.6 is 22.9 Å². The lowest BCUT2D eigenvalue weighted by Crippen LogP contribution is -2.49. The Kier molecular flexibility index (Phi) is 6.13. The van der Waals surface area contributed by atoms with E-state index in [9.17, 15) is 4.79 Å². The first kappa shape index (κ1) is 18.9. The van der Waals surface area contributed by atoms with E-state index in [1.165, 1.54) is 10.4 Å². The number of likely N-dealkylation sites (tertiary alicyclic amines) is 1. The van der Waals surface area contributed by atoms with E-state index in [1.54, 1.807) is 11.3 Å². The molecule has 1 amide bonds. The van der Waals surface area contributed by atoms with Gasteiger partial charge in [0.2, 0.25) is 5.91 Å². The van der Waals surface area contributed by atoms with Gasteiger partial charge in [-0.05, 0) is 42.0 Å². The number of hydrogen-bond acceptors (Lipinski definition) is 4. The van der Waals surface area contributed by atoms with Crippen molar-refractivity contribution in [1.82, 2.24) is 14.7 Å². The fourth-order valence-corrected chi connectivity index (χ4v) is 5.08. The first-order chi connectivity index (χ1) is 13.2. The zero-order chi connectivity index (χ0) is 18.6. The van der Waals surface area contributed by atoms with Gasteiger partial charge in [-0.1, -0.05) is 29.8 Å². The Hall–Kier alpha value is -1.40. The van der Waals surface area contributed by atoms with Crippen molar-refractivity contribution in [3.05, 3.63) is 57.2 Å². The zero-order valence-electron chi connectivity index (χ0n) is 15.5. The number of piperazine rings is 1. The van der Waals surface area contributed by atoms with Crippen LogP contribution in [-0.4, -0.2) is 59.9 Å². The van der Waals surface area contributed by atoms with Gasteiger partial charge in [-0.2, -0.15) is 0 Å². The van der Waals surface area contributed by atoms with Crippen LogP contribution in [0.2, 0.25) is 5.02 Å². The summed E-state index contributed by atoms with van der Waals surface area (Å²) in [6, 6.07) is 12.6. The molecule has 0 spiro atoms. The molecule has 27 heavy (non-hydrogen) atoms. The van der Waals surface area contributed by atoms with Crippen molar-refractivity contribution in [1.29, 1.82) is 0 Å². The minimum absolute atomic E-state index is 0.289. The summed E-state index contributed by atoms with van der Waals surface area (Å²) in [6.45, 7) is 6.32. The highest BCUT2D eigenvalue weighted by molar-refractivity contribution is 7.10. The predicted molar refractivity (Wildman–Crippen MR) is 111 cm³/mol. The smallest absolute Gasteiger partial charge is 0.237 e. The Balaban J connectivity index is 1.26. The molecular formula is C21H26ClN3OS. The van der Waals surface area contributed by atoms with Crippen LogP contribution < -0.4 is 0 Å². The Labute approximate surface area is 170 Å². The molecule has 4 nitrogen and oxygen atoms in total. The van der Waals surface area contributed by atoms with Gasteiger partial charge in [-0.25, -0.2) is 0 Å². The number of halogens is 1. The van der Waals surface area contributed by atoms with Gasteiger partial charge in [0, 0.05) is 49.2 Å². The summed E-state index contributed by atoms with van der Waals surface area (Å²) in [6.07, 6.45) is 2.21. The molecule has 1 atom stereocenters. The number of thiophene rings is 1. The number of carbonyl (C=O) groups excluding carboxylic acids is 1. The average molecular weight is 404 g/mol. The van der Waals surface area contributed by atoms with Crippen LogP contribution in [0.15, 0.2) is 41.8 Å². The molecule has 1 aromatic carbocycles. The fourth-order valence-electron chi connectivity index (χ4n) is 4.08. The first-order valence-electron chi connectivity index (χ1n) is 9.71. The second-order valence-corrected chi connectivity index (χ2v) is 8.86. The predicted octanol–water partition coefficient (Wildman–Crippen LogP) is 3.88. The van der Waals surface area contributed by atoms with Crippen molar-refractivity contribution in [2.45, 2.75) is 25.4 Å². The number of benzene rings is 1. The van der Waals surface area contributed by atoms with Gasteiger partial charge in [0.25, 0.3) is 0 Å². The van der Waals surface area contributed by atoms with Crippen LogP contribution in [0.1, 0.15) is 29.3 Å². The van der Waals surface area contributed by atoms with Crippen LogP contribution in [0.25, 0.3) is 0 Å². The lowest BCUT2D eigenvalue weighted by Gasteiger charge is -2.35. The van der Waals surface area contributed by atoms with E-state index in [0.717, 1.165) is 57.1 Å². The Morgan fingerprint density at radius 2 is 1.78 bits per heavy atom. The maximum atomic E-state index is 12.9. The van der Waals surface area contributed by atoms with Gasteiger partial charge in [0.05, 0.1) is 12.6 Å². The van der Waals surface area contributed by atoms with Crippen LogP contribution in [0.3, 0.4) is 0 Å². The molecule has 0 saturated carbocycles. The number of amides is 1. The number of hydrogen-bond donors (Lipinski definition) is 0. The Bertz CT molecular complexity index is 741. The minimum Gasteiger partial charge on any atom is -0.334 e. The normalized spacial score (nSPS) is 21.7. The third-order valence-corrected chi connectivity index (χ3v) is 6.81. The van der Waals surface area contributed by atoms with E-state index in [4.69, 9.17) is 11.6 Å². The summed E-state index contributed by atoms with van der Waals surface area (Å²) < 4.78 is 0. The van der Waals surface area contributed by atoms with Crippen molar-refractivity contribution in [3.63, 3.8) is 0 Å². The molecule has 1 unspecified atom stereocenters. The molecule has 0 bridgehead atoms. The Morgan fingerprint density at radius 1 is 1.04 bits per heavy atom. The Morgan fingerprint density at radius 3 is 2.48 bits per heavy atom. The molecule has 2 aromatic rings. The molecule has 144 valence electrons. The van der Waals surface area contributed by atoms with E-state index in [0.29, 0.717) is 12.6 Å². The van der Waals surface area contributed by atoms with Gasteiger partial charge >= 0.3 is 0 Å². The molecule has 1 aromatic heterocycles. The van der Waals surface area contributed by atoms with E-state index >= 15 is 0 Å². The summed E-state index contributed by atoms with van der Waals surface area (Å²) in [5, 5.41) is 2.89. The highest BCUT2D eigenvalue weighted by Gasteiger charge is 2.31. The molecule has 3 heterocycles. The van der Waals surface area contributed by atoms with Gasteiger partial charge in [-0.3, -0.25) is 14.6 Å². The second kappa shape index (κ2) is 8.74. The van der Waals surface area contributed by atoms with Crippen molar-refractivity contribution in [2.75, 3.05) is 39.3 Å². The van der Waals surface area contributed by atoms with Crippen LogP contribution in [0.4, 0.5) is 0 Å². The van der Waals surface area contributed by atoms with Gasteiger partial charge in [0.1, 0.15) is 0 Å². The third kappa shape index (κ3) is 4.72. The van der Waals surface area contributed by atoms with Crippen LogP contribution in [0, 0.1) is 0 Å². The fraction of sp³-hybridized carbons (Fsp3) is 0.476.